The molecule has 3 rings (SSSR count). The minimum Gasteiger partial charge on any atom is -0.453 e. The third-order valence-electron chi connectivity index (χ3n) is 6.55. The van der Waals surface area contributed by atoms with Gasteiger partial charge in [0.2, 0.25) is 11.8 Å². The summed E-state index contributed by atoms with van der Waals surface area (Å²) in [6, 6.07) is 5.06. The summed E-state index contributed by atoms with van der Waals surface area (Å²) in [4.78, 5) is 68.2. The number of ether oxygens (including phenoxy) is 1. The molecule has 2 unspecified atom stereocenters. The van der Waals surface area contributed by atoms with Crippen LogP contribution in [0.25, 0.3) is 0 Å². The average Bonchev–Trinajstić information content (AvgIpc) is 3.42. The van der Waals surface area contributed by atoms with Gasteiger partial charge in [0.15, 0.2) is 5.78 Å². The zero-order chi connectivity index (χ0) is 26.6. The van der Waals surface area contributed by atoms with Gasteiger partial charge in [-0.05, 0) is 43.0 Å². The predicted octanol–water partition coefficient (Wildman–Crippen LogP) is 0.634. The van der Waals surface area contributed by atoms with Gasteiger partial charge >= 0.3 is 6.09 Å². The van der Waals surface area contributed by atoms with Crippen molar-refractivity contribution in [2.45, 2.75) is 44.8 Å². The van der Waals surface area contributed by atoms with E-state index in [4.69, 9.17) is 0 Å². The summed E-state index contributed by atoms with van der Waals surface area (Å²) < 4.78 is 4.48. The monoisotopic (exact) mass is 501 g/mol. The molecular weight excluding hydrogens is 466 g/mol. The number of hydrogen-bond acceptors (Lipinski definition) is 7. The van der Waals surface area contributed by atoms with Crippen LogP contribution in [-0.4, -0.2) is 98.4 Å². The number of Topliss-reactive ketones (excluding diaryl/α,β-unsaturated/α-hetero) is 1. The Labute approximate surface area is 211 Å². The molecular formula is C25H35N5O6. The number of fused-ring (bicyclic) bond motifs is 1. The number of amides is 4. The molecule has 1 aromatic rings. The number of carbonyl (C=O) groups excluding carboxylic acids is 5. The van der Waals surface area contributed by atoms with E-state index in [1.54, 1.807) is 12.1 Å². The van der Waals surface area contributed by atoms with Crippen LogP contribution in [0.3, 0.4) is 0 Å². The highest BCUT2D eigenvalue weighted by Crippen LogP contribution is 2.30. The van der Waals surface area contributed by atoms with Gasteiger partial charge in [0, 0.05) is 31.9 Å². The number of rotatable bonds is 8. The van der Waals surface area contributed by atoms with Crippen LogP contribution in [0.1, 0.15) is 37.0 Å². The Kier molecular flexibility index (Phi) is 8.54. The Morgan fingerprint density at radius 1 is 1.11 bits per heavy atom. The van der Waals surface area contributed by atoms with Crippen LogP contribution in [0.2, 0.25) is 0 Å². The van der Waals surface area contributed by atoms with Crippen LogP contribution in [0.4, 0.5) is 10.5 Å². The van der Waals surface area contributed by atoms with Crippen molar-refractivity contribution in [1.82, 2.24) is 20.4 Å². The number of nitrogens with zero attached hydrogens (tertiary/aromatic N) is 3. The fourth-order valence-corrected chi connectivity index (χ4v) is 4.76. The van der Waals surface area contributed by atoms with Gasteiger partial charge in [-0.1, -0.05) is 13.8 Å². The quantitative estimate of drug-likeness (QED) is 0.535. The molecule has 4 amide bonds. The first-order valence-corrected chi connectivity index (χ1v) is 12.1. The SMILES string of the molecule is COC(=O)NCC(=O)N1CC(=O)C2C1CCN2C(=O)[C@H](CC(C)C)NC(=O)c1ccc(N(C)C)cc1. The average molecular weight is 502 g/mol. The molecule has 2 N–H and O–H groups in total. The Balaban J connectivity index is 1.71. The van der Waals surface area contributed by atoms with Crippen LogP contribution in [0, 0.1) is 5.92 Å². The first-order chi connectivity index (χ1) is 17.0. The predicted molar refractivity (Wildman–Crippen MR) is 133 cm³/mol. The number of alkyl carbamates (subject to hydrolysis) is 1. The lowest BCUT2D eigenvalue weighted by atomic mass is 10.0. The lowest BCUT2D eigenvalue weighted by molar-refractivity contribution is -0.138. The van der Waals surface area contributed by atoms with Crippen LogP contribution in [-0.2, 0) is 19.1 Å². The molecule has 0 bridgehead atoms. The van der Waals surface area contributed by atoms with Gasteiger partial charge in [-0.3, -0.25) is 19.2 Å². The number of ketones is 1. The van der Waals surface area contributed by atoms with Crippen LogP contribution >= 0.6 is 0 Å². The molecule has 0 radical (unpaired) electrons. The molecule has 11 heteroatoms. The minimum atomic E-state index is -0.802. The fourth-order valence-electron chi connectivity index (χ4n) is 4.76. The number of hydrogen-bond donors (Lipinski definition) is 2. The van der Waals surface area contributed by atoms with Crippen LogP contribution in [0.15, 0.2) is 24.3 Å². The molecule has 2 fully saturated rings. The van der Waals surface area contributed by atoms with E-state index in [9.17, 15) is 24.0 Å². The number of nitrogens with one attached hydrogen (secondary N) is 2. The van der Waals surface area contributed by atoms with Crippen molar-refractivity contribution in [3.8, 4) is 0 Å². The van der Waals surface area contributed by atoms with Crippen LogP contribution < -0.4 is 15.5 Å². The van der Waals surface area contributed by atoms with Crippen molar-refractivity contribution in [1.29, 1.82) is 0 Å². The summed E-state index contributed by atoms with van der Waals surface area (Å²) in [5.74, 6) is -1.21. The molecule has 11 nitrogen and oxygen atoms in total. The smallest absolute Gasteiger partial charge is 0.407 e. The number of likely N-dealkylation sites (tertiary alicyclic amines) is 2. The molecule has 2 heterocycles. The number of carbonyl (C=O) groups is 5. The molecule has 196 valence electrons. The summed E-state index contributed by atoms with van der Waals surface area (Å²) >= 11 is 0. The normalized spacial score (nSPS) is 19.7. The van der Waals surface area contributed by atoms with Crippen molar-refractivity contribution in [3.63, 3.8) is 0 Å². The molecule has 2 saturated heterocycles. The van der Waals surface area contributed by atoms with E-state index in [1.165, 1.54) is 16.9 Å². The number of methoxy groups -OCH3 is 1. The van der Waals surface area contributed by atoms with Crippen molar-refractivity contribution in [2.24, 2.45) is 5.92 Å². The zero-order valence-corrected chi connectivity index (χ0v) is 21.4. The van der Waals surface area contributed by atoms with Crippen LogP contribution in [0.5, 0.6) is 0 Å². The van der Waals surface area contributed by atoms with E-state index in [0.29, 0.717) is 24.9 Å². The third kappa shape index (κ3) is 5.95. The maximum absolute atomic E-state index is 13.6. The van der Waals surface area contributed by atoms with E-state index >= 15 is 0 Å². The maximum Gasteiger partial charge on any atom is 0.407 e. The van der Waals surface area contributed by atoms with Gasteiger partial charge in [0.05, 0.1) is 19.7 Å². The topological polar surface area (TPSA) is 128 Å². The number of benzene rings is 1. The van der Waals surface area contributed by atoms with Crippen molar-refractivity contribution < 1.29 is 28.7 Å². The van der Waals surface area contributed by atoms with Crippen molar-refractivity contribution in [2.75, 3.05) is 45.7 Å². The van der Waals surface area contributed by atoms with Gasteiger partial charge in [-0.15, -0.1) is 0 Å². The van der Waals surface area contributed by atoms with E-state index in [0.717, 1.165) is 5.69 Å². The molecule has 3 atom stereocenters. The highest BCUT2D eigenvalue weighted by molar-refractivity contribution is 6.01. The Bertz CT molecular complexity index is 1010. The largest absolute Gasteiger partial charge is 0.453 e. The first-order valence-electron chi connectivity index (χ1n) is 12.1. The van der Waals surface area contributed by atoms with Crippen molar-refractivity contribution >= 4 is 35.3 Å². The summed E-state index contributed by atoms with van der Waals surface area (Å²) in [6.07, 6.45) is 0.117. The van der Waals surface area contributed by atoms with Gasteiger partial charge in [0.25, 0.3) is 5.91 Å². The van der Waals surface area contributed by atoms with E-state index in [2.05, 4.69) is 15.4 Å². The summed E-state index contributed by atoms with van der Waals surface area (Å²) in [5.41, 5.74) is 1.39. The minimum absolute atomic E-state index is 0.121. The molecule has 0 spiro atoms. The Hall–Kier alpha value is -3.63. The highest BCUT2D eigenvalue weighted by Gasteiger charge is 2.52. The second-order valence-corrected chi connectivity index (χ2v) is 9.76. The highest BCUT2D eigenvalue weighted by atomic mass is 16.5. The van der Waals surface area contributed by atoms with E-state index in [1.807, 2.05) is 45.0 Å². The summed E-state index contributed by atoms with van der Waals surface area (Å²) in [5, 5.41) is 5.19. The molecule has 36 heavy (non-hydrogen) atoms. The molecule has 1 aromatic carbocycles. The van der Waals surface area contributed by atoms with Crippen molar-refractivity contribution in [3.05, 3.63) is 29.8 Å². The Morgan fingerprint density at radius 3 is 2.36 bits per heavy atom. The van der Waals surface area contributed by atoms with E-state index < -0.39 is 30.1 Å². The van der Waals surface area contributed by atoms with E-state index in [-0.39, 0.29) is 36.6 Å². The molecule has 0 saturated carbocycles. The Morgan fingerprint density at radius 2 is 1.78 bits per heavy atom. The molecule has 0 aliphatic carbocycles. The summed E-state index contributed by atoms with van der Waals surface area (Å²) in [7, 11) is 5.01. The fraction of sp³-hybridized carbons (Fsp3) is 0.560. The van der Waals surface area contributed by atoms with Gasteiger partial charge in [-0.25, -0.2) is 4.79 Å². The lowest BCUT2D eigenvalue weighted by Gasteiger charge is -2.29. The molecule has 2 aliphatic heterocycles. The second-order valence-electron chi connectivity index (χ2n) is 9.76. The third-order valence-corrected chi connectivity index (χ3v) is 6.55. The number of anilines is 1. The van der Waals surface area contributed by atoms with Gasteiger partial charge in [0.1, 0.15) is 18.6 Å². The first kappa shape index (κ1) is 27.0. The lowest BCUT2D eigenvalue weighted by Crippen LogP contribution is -2.53. The van der Waals surface area contributed by atoms with Gasteiger partial charge in [-0.2, -0.15) is 0 Å². The molecule has 0 aromatic heterocycles. The van der Waals surface area contributed by atoms with Gasteiger partial charge < -0.3 is 30.1 Å². The zero-order valence-electron chi connectivity index (χ0n) is 21.4. The molecule has 2 aliphatic rings. The summed E-state index contributed by atoms with van der Waals surface area (Å²) in [6.45, 7) is 3.80. The standard InChI is InChI=1S/C25H35N5O6/c1-15(2)12-18(27-23(33)16-6-8-17(9-7-16)28(3)4)24(34)29-11-10-19-22(29)20(31)14-30(19)21(32)13-26-25(35)36-5/h6-9,15,18-19,22H,10-14H2,1-5H3,(H,26,35)(H,27,33)/t18-,19?,22?/m0/s1. The second kappa shape index (κ2) is 11.4. The maximum atomic E-state index is 13.6.